The van der Waals surface area contributed by atoms with Crippen LogP contribution in [0.5, 0.6) is 0 Å². The first-order valence-electron chi connectivity index (χ1n) is 9.84. The molecule has 0 saturated carbocycles. The topological polar surface area (TPSA) is 108 Å². The summed E-state index contributed by atoms with van der Waals surface area (Å²) in [5.41, 5.74) is 4.08. The number of ether oxygens (including phenoxy) is 1. The molecule has 0 bridgehead atoms. The van der Waals surface area contributed by atoms with Crippen LogP contribution < -0.4 is 16.0 Å². The second-order valence-electron chi connectivity index (χ2n) is 7.85. The van der Waals surface area contributed by atoms with Gasteiger partial charge in [0.15, 0.2) is 0 Å². The van der Waals surface area contributed by atoms with Crippen molar-refractivity contribution >= 4 is 29.1 Å². The zero-order chi connectivity index (χ0) is 21.7. The van der Waals surface area contributed by atoms with Crippen LogP contribution in [0.2, 0.25) is 0 Å². The number of alkyl carbamates (subject to hydrolysis) is 1. The summed E-state index contributed by atoms with van der Waals surface area (Å²) in [7, 11) is 0. The Kier molecular flexibility index (Phi) is 6.25. The molecule has 3 rings (SSSR count). The highest BCUT2D eigenvalue weighted by Gasteiger charge is 2.15. The zero-order valence-electron chi connectivity index (χ0n) is 17.6. The van der Waals surface area contributed by atoms with Crippen LogP contribution in [0.4, 0.5) is 15.5 Å². The number of nitrogens with one attached hydrogen (secondary N) is 4. The number of hydrogen-bond donors (Lipinski definition) is 4. The first kappa shape index (κ1) is 21.2. The van der Waals surface area contributed by atoms with Gasteiger partial charge in [-0.3, -0.25) is 5.32 Å². The van der Waals surface area contributed by atoms with E-state index >= 15 is 0 Å². The first-order chi connectivity index (χ1) is 14.2. The summed E-state index contributed by atoms with van der Waals surface area (Å²) in [6.07, 6.45) is -0.437. The number of benzene rings is 2. The van der Waals surface area contributed by atoms with Crippen LogP contribution in [0, 0.1) is 0 Å². The number of imidazole rings is 1. The number of fused-ring (bicyclic) bond motifs is 1. The summed E-state index contributed by atoms with van der Waals surface area (Å²) in [5.74, 6) is 0.400. The average Bonchev–Trinajstić information content (AvgIpc) is 3.07. The number of carbonyl (C=O) groups is 2. The number of urea groups is 1. The molecule has 8 nitrogen and oxygen atoms in total. The van der Waals surface area contributed by atoms with E-state index in [0.29, 0.717) is 19.0 Å². The van der Waals surface area contributed by atoms with E-state index in [9.17, 15) is 9.59 Å². The molecule has 3 aromatic rings. The molecule has 8 heteroatoms. The molecule has 0 unspecified atom stereocenters. The third-order valence-electron chi connectivity index (χ3n) is 4.18. The molecule has 0 aliphatic heterocycles. The number of aromatic nitrogens is 2. The highest BCUT2D eigenvalue weighted by molar-refractivity contribution is 5.90. The first-order valence-corrected chi connectivity index (χ1v) is 9.84. The molecule has 2 aromatic carbocycles. The Hall–Kier alpha value is -3.55. The summed E-state index contributed by atoms with van der Waals surface area (Å²) in [6.45, 7) is 8.27. The van der Waals surface area contributed by atoms with Crippen LogP contribution in [-0.4, -0.2) is 34.2 Å². The fourth-order valence-electron chi connectivity index (χ4n) is 2.86. The number of carbonyl (C=O) groups excluding carboxylic acids is 2. The van der Waals surface area contributed by atoms with Crippen LogP contribution in [0.1, 0.15) is 33.3 Å². The summed E-state index contributed by atoms with van der Waals surface area (Å²) in [5, 5.41) is 8.09. The number of anilines is 1. The highest BCUT2D eigenvalue weighted by atomic mass is 16.6. The zero-order valence-corrected chi connectivity index (χ0v) is 17.6. The van der Waals surface area contributed by atoms with Crippen molar-refractivity contribution in [2.45, 2.75) is 39.8 Å². The monoisotopic (exact) mass is 409 g/mol. The van der Waals surface area contributed by atoms with E-state index in [1.54, 1.807) is 0 Å². The van der Waals surface area contributed by atoms with Crippen LogP contribution in [0.25, 0.3) is 22.2 Å². The smallest absolute Gasteiger partial charge is 0.407 e. The highest BCUT2D eigenvalue weighted by Crippen LogP contribution is 2.24. The van der Waals surface area contributed by atoms with Crippen LogP contribution in [-0.2, 0) is 11.3 Å². The quantitative estimate of drug-likeness (QED) is 0.501. The average molecular weight is 409 g/mol. The van der Waals surface area contributed by atoms with Crippen LogP contribution in [0.15, 0.2) is 42.5 Å². The van der Waals surface area contributed by atoms with Gasteiger partial charge in [0.25, 0.3) is 0 Å². The van der Waals surface area contributed by atoms with Crippen LogP contribution >= 0.6 is 0 Å². The number of nitrogens with zero attached hydrogens (tertiary/aromatic N) is 1. The SMILES string of the molecule is CCNC(=O)Nc1nc2cc(-c3ccc(CNC(=O)OC(C)(C)C)cc3)ccc2[nH]1. The summed E-state index contributed by atoms with van der Waals surface area (Å²) in [6, 6.07) is 13.5. The molecular formula is C22H27N5O3. The van der Waals surface area contributed by atoms with Gasteiger partial charge >= 0.3 is 12.1 Å². The number of aromatic amines is 1. The fourth-order valence-corrected chi connectivity index (χ4v) is 2.86. The largest absolute Gasteiger partial charge is 0.444 e. The van der Waals surface area contributed by atoms with E-state index in [-0.39, 0.29) is 6.03 Å². The van der Waals surface area contributed by atoms with Gasteiger partial charge in [0.2, 0.25) is 5.95 Å². The number of amides is 3. The Morgan fingerprint density at radius 3 is 2.40 bits per heavy atom. The van der Waals surface area contributed by atoms with Gasteiger partial charge in [-0.15, -0.1) is 0 Å². The number of rotatable bonds is 5. The van der Waals surface area contributed by atoms with Gasteiger partial charge < -0.3 is 20.4 Å². The van der Waals surface area contributed by atoms with Crippen LogP contribution in [0.3, 0.4) is 0 Å². The molecule has 3 amide bonds. The van der Waals surface area contributed by atoms with Gasteiger partial charge in [-0.25, -0.2) is 14.6 Å². The van der Waals surface area contributed by atoms with Crippen molar-refractivity contribution in [2.24, 2.45) is 0 Å². The molecular weight excluding hydrogens is 382 g/mol. The Morgan fingerprint density at radius 1 is 1.03 bits per heavy atom. The third-order valence-corrected chi connectivity index (χ3v) is 4.18. The lowest BCUT2D eigenvalue weighted by Gasteiger charge is -2.19. The summed E-state index contributed by atoms with van der Waals surface area (Å²) >= 11 is 0. The van der Waals surface area contributed by atoms with Crippen molar-refractivity contribution < 1.29 is 14.3 Å². The predicted octanol–water partition coefficient (Wildman–Crippen LogP) is 4.40. The van der Waals surface area contributed by atoms with Gasteiger partial charge in [-0.1, -0.05) is 30.3 Å². The van der Waals surface area contributed by atoms with E-state index < -0.39 is 11.7 Å². The molecule has 0 atom stereocenters. The van der Waals surface area contributed by atoms with Gasteiger partial charge in [0, 0.05) is 13.1 Å². The Balaban J connectivity index is 1.67. The Labute approximate surface area is 175 Å². The lowest BCUT2D eigenvalue weighted by atomic mass is 10.0. The standard InChI is InChI=1S/C22H27N5O3/c1-5-23-20(28)27-19-25-17-11-10-16(12-18(17)26-19)15-8-6-14(7-9-15)13-24-21(29)30-22(2,3)4/h6-12H,5,13H2,1-4H3,(H,24,29)(H3,23,25,26,27,28). The normalized spacial score (nSPS) is 11.2. The molecule has 0 fully saturated rings. The lowest BCUT2D eigenvalue weighted by Crippen LogP contribution is -2.32. The van der Waals surface area contributed by atoms with Gasteiger partial charge in [0.1, 0.15) is 5.60 Å². The van der Waals surface area contributed by atoms with Gasteiger partial charge in [0.05, 0.1) is 11.0 Å². The molecule has 158 valence electrons. The molecule has 4 N–H and O–H groups in total. The summed E-state index contributed by atoms with van der Waals surface area (Å²) in [4.78, 5) is 30.9. The van der Waals surface area contributed by atoms with Gasteiger partial charge in [-0.05, 0) is 56.5 Å². The Bertz CT molecular complexity index is 1040. The second-order valence-corrected chi connectivity index (χ2v) is 7.85. The predicted molar refractivity (Wildman–Crippen MR) is 117 cm³/mol. The Morgan fingerprint density at radius 2 is 1.73 bits per heavy atom. The molecule has 0 aliphatic rings. The molecule has 0 saturated heterocycles. The minimum Gasteiger partial charge on any atom is -0.444 e. The minimum absolute atomic E-state index is 0.299. The van der Waals surface area contributed by atoms with E-state index in [2.05, 4.69) is 25.9 Å². The molecule has 0 spiro atoms. The second kappa shape index (κ2) is 8.86. The van der Waals surface area contributed by atoms with Crippen molar-refractivity contribution in [3.63, 3.8) is 0 Å². The molecule has 1 heterocycles. The molecule has 0 radical (unpaired) electrons. The summed E-state index contributed by atoms with van der Waals surface area (Å²) < 4.78 is 5.24. The lowest BCUT2D eigenvalue weighted by molar-refractivity contribution is 0.0523. The molecule has 0 aliphatic carbocycles. The van der Waals surface area contributed by atoms with Crippen molar-refractivity contribution in [1.82, 2.24) is 20.6 Å². The maximum atomic E-state index is 11.8. The van der Waals surface area contributed by atoms with E-state index in [1.165, 1.54) is 0 Å². The van der Waals surface area contributed by atoms with E-state index in [0.717, 1.165) is 27.7 Å². The minimum atomic E-state index is -0.520. The van der Waals surface area contributed by atoms with E-state index in [1.807, 2.05) is 70.2 Å². The molecule has 1 aromatic heterocycles. The van der Waals surface area contributed by atoms with Crippen molar-refractivity contribution in [3.05, 3.63) is 48.0 Å². The van der Waals surface area contributed by atoms with Gasteiger partial charge in [-0.2, -0.15) is 0 Å². The number of hydrogen-bond acceptors (Lipinski definition) is 4. The fraction of sp³-hybridized carbons (Fsp3) is 0.318. The van der Waals surface area contributed by atoms with Crippen molar-refractivity contribution in [3.8, 4) is 11.1 Å². The van der Waals surface area contributed by atoms with Crippen molar-refractivity contribution in [1.29, 1.82) is 0 Å². The maximum absolute atomic E-state index is 11.8. The van der Waals surface area contributed by atoms with E-state index in [4.69, 9.17) is 4.74 Å². The van der Waals surface area contributed by atoms with Crippen molar-refractivity contribution in [2.75, 3.05) is 11.9 Å². The third kappa shape index (κ3) is 5.73. The number of H-pyrrole nitrogens is 1. The maximum Gasteiger partial charge on any atom is 0.407 e. The molecule has 30 heavy (non-hydrogen) atoms.